The largest absolute Gasteiger partial charge is 0.366 e. The first kappa shape index (κ1) is 24.5. The maximum absolute atomic E-state index is 13.9. The molecule has 0 aromatic carbocycles. The number of nitrogens with zero attached hydrogens (tertiary/aromatic N) is 5. The summed E-state index contributed by atoms with van der Waals surface area (Å²) in [6.45, 7) is 1.24. The Morgan fingerprint density at radius 3 is 2.63 bits per heavy atom. The van der Waals surface area contributed by atoms with Crippen molar-refractivity contribution >= 4 is 37.4 Å². The topological polar surface area (TPSA) is 92.5 Å². The molecule has 4 heterocycles. The van der Waals surface area contributed by atoms with Crippen LogP contribution in [0.5, 0.6) is 0 Å². The van der Waals surface area contributed by atoms with E-state index in [0.717, 1.165) is 21.5 Å². The van der Waals surface area contributed by atoms with E-state index in [2.05, 4.69) is 31.3 Å². The van der Waals surface area contributed by atoms with Gasteiger partial charge in [0.15, 0.2) is 5.65 Å². The smallest absolute Gasteiger partial charge is 0.217 e. The molecule has 188 valence electrons. The lowest BCUT2D eigenvalue weighted by molar-refractivity contribution is 0.119. The number of anilines is 1. The van der Waals surface area contributed by atoms with Crippen molar-refractivity contribution < 1.29 is 17.2 Å². The van der Waals surface area contributed by atoms with E-state index >= 15 is 0 Å². The summed E-state index contributed by atoms with van der Waals surface area (Å²) in [5.41, 5.74) is 2.58. The lowest BCUT2D eigenvalue weighted by Crippen LogP contribution is -2.46. The molecule has 3 aromatic heterocycles. The van der Waals surface area contributed by atoms with Crippen LogP contribution in [-0.2, 0) is 16.6 Å². The van der Waals surface area contributed by atoms with E-state index in [-0.39, 0.29) is 25.2 Å². The molecule has 0 radical (unpaired) electrons. The average Bonchev–Trinajstić information content (AvgIpc) is 3.25. The second-order valence-corrected chi connectivity index (χ2v) is 12.3. The zero-order valence-corrected chi connectivity index (χ0v) is 21.4. The van der Waals surface area contributed by atoms with E-state index in [1.165, 1.54) is 4.31 Å². The van der Waals surface area contributed by atoms with Gasteiger partial charge in [-0.15, -0.1) is 0 Å². The van der Waals surface area contributed by atoms with Crippen LogP contribution in [0.3, 0.4) is 0 Å². The highest BCUT2D eigenvalue weighted by atomic mass is 79.9. The van der Waals surface area contributed by atoms with E-state index in [4.69, 9.17) is 4.98 Å². The highest BCUT2D eigenvalue weighted by Gasteiger charge is 2.41. The van der Waals surface area contributed by atoms with Crippen molar-refractivity contribution in [3.8, 4) is 0 Å². The highest BCUT2D eigenvalue weighted by Crippen LogP contribution is 2.35. The minimum atomic E-state index is -3.66. The first-order chi connectivity index (χ1) is 16.8. The van der Waals surface area contributed by atoms with Crippen molar-refractivity contribution in [3.63, 3.8) is 0 Å². The molecule has 1 aliphatic heterocycles. The maximum Gasteiger partial charge on any atom is 0.217 e. The number of fused-ring (bicyclic) bond motifs is 1. The molecule has 5 rings (SSSR count). The summed E-state index contributed by atoms with van der Waals surface area (Å²) in [6, 6.07) is 5.83. The molecular formula is C23H27BrF2N6O2S. The molecule has 1 N–H and O–H groups in total. The van der Waals surface area contributed by atoms with Gasteiger partial charge in [0, 0.05) is 49.7 Å². The molecule has 3 unspecified atom stereocenters. The third kappa shape index (κ3) is 5.05. The van der Waals surface area contributed by atoms with Gasteiger partial charge >= 0.3 is 0 Å². The van der Waals surface area contributed by atoms with Gasteiger partial charge in [-0.3, -0.25) is 4.98 Å². The van der Waals surface area contributed by atoms with Gasteiger partial charge in [0.05, 0.1) is 15.9 Å². The molecule has 2 aliphatic rings. The van der Waals surface area contributed by atoms with Crippen LogP contribution in [0.2, 0.25) is 0 Å². The zero-order chi connectivity index (χ0) is 24.6. The van der Waals surface area contributed by atoms with Gasteiger partial charge in [0.25, 0.3) is 0 Å². The van der Waals surface area contributed by atoms with Crippen LogP contribution in [0.25, 0.3) is 5.65 Å². The third-order valence-corrected chi connectivity index (χ3v) is 9.86. The number of aromatic nitrogens is 4. The Kier molecular flexibility index (Phi) is 7.04. The molecule has 3 aromatic rings. The van der Waals surface area contributed by atoms with Crippen LogP contribution in [0.15, 0.2) is 41.3 Å². The van der Waals surface area contributed by atoms with E-state index in [0.29, 0.717) is 38.1 Å². The molecule has 1 aliphatic carbocycles. The van der Waals surface area contributed by atoms with Gasteiger partial charge in [-0.25, -0.2) is 26.5 Å². The Morgan fingerprint density at radius 2 is 1.91 bits per heavy atom. The maximum atomic E-state index is 13.9. The number of alkyl halides is 2. The predicted molar refractivity (Wildman–Crippen MR) is 132 cm³/mol. The summed E-state index contributed by atoms with van der Waals surface area (Å²) in [5, 5.41) is 6.97. The monoisotopic (exact) mass is 568 g/mol. The number of hydrogen-bond donors (Lipinski definition) is 1. The van der Waals surface area contributed by atoms with Crippen molar-refractivity contribution in [2.45, 2.75) is 62.2 Å². The zero-order valence-electron chi connectivity index (χ0n) is 19.0. The van der Waals surface area contributed by atoms with Gasteiger partial charge in [-0.05, 0) is 59.7 Å². The van der Waals surface area contributed by atoms with Gasteiger partial charge in [-0.2, -0.15) is 9.61 Å². The molecule has 12 heteroatoms. The van der Waals surface area contributed by atoms with Crippen molar-refractivity contribution in [1.29, 1.82) is 0 Å². The fourth-order valence-corrected chi connectivity index (χ4v) is 7.27. The van der Waals surface area contributed by atoms with Crippen LogP contribution in [0.4, 0.5) is 14.6 Å². The number of piperidine rings is 1. The molecule has 0 bridgehead atoms. The van der Waals surface area contributed by atoms with Gasteiger partial charge in [0.2, 0.25) is 10.0 Å². The second-order valence-electron chi connectivity index (χ2n) is 9.19. The number of sulfonamides is 1. The number of rotatable bonds is 6. The van der Waals surface area contributed by atoms with Crippen molar-refractivity contribution in [2.24, 2.45) is 0 Å². The first-order valence-corrected chi connectivity index (χ1v) is 14.1. The lowest BCUT2D eigenvalue weighted by atomic mass is 9.94. The standard InChI is InChI=1S/C23H27BrF2N6O2S/c24-18-14-29-32-22(28-13-15-2-1-7-27-12-15)11-21(30-23(18)32)16-5-8-31(9-6-16)35(33,34)17-3-4-19(25)20(26)10-17/h1-2,7,11-12,14,16-17,19-20,28H,3-6,8-10,13H2. The van der Waals surface area contributed by atoms with E-state index in [9.17, 15) is 17.2 Å². The minimum Gasteiger partial charge on any atom is -0.366 e. The summed E-state index contributed by atoms with van der Waals surface area (Å²) < 4.78 is 57.5. The first-order valence-electron chi connectivity index (χ1n) is 11.8. The Hall–Kier alpha value is -2.18. The normalized spacial score (nSPS) is 24.6. The minimum absolute atomic E-state index is 0.0412. The fourth-order valence-electron chi connectivity index (χ4n) is 4.92. The molecule has 1 saturated heterocycles. The second kappa shape index (κ2) is 10.1. The molecular weight excluding hydrogens is 542 g/mol. The molecule has 1 saturated carbocycles. The molecule has 3 atom stereocenters. The average molecular weight is 569 g/mol. The Balaban J connectivity index is 1.31. The molecule has 2 fully saturated rings. The van der Waals surface area contributed by atoms with Gasteiger partial charge < -0.3 is 5.32 Å². The van der Waals surface area contributed by atoms with Crippen LogP contribution >= 0.6 is 15.9 Å². The van der Waals surface area contributed by atoms with Gasteiger partial charge in [0.1, 0.15) is 18.2 Å². The van der Waals surface area contributed by atoms with E-state index in [1.807, 2.05) is 18.2 Å². The molecule has 8 nitrogen and oxygen atoms in total. The quantitative estimate of drug-likeness (QED) is 0.478. The SMILES string of the molecule is O=S(=O)(C1CCC(F)C(F)C1)N1CCC(c2cc(NCc3cccnc3)n3ncc(Br)c3n2)CC1. The number of hydrogen-bond acceptors (Lipinski definition) is 6. The lowest BCUT2D eigenvalue weighted by Gasteiger charge is -2.36. The third-order valence-electron chi connectivity index (χ3n) is 6.94. The molecule has 0 amide bonds. The summed E-state index contributed by atoms with van der Waals surface area (Å²) in [6.07, 6.45) is 3.04. The van der Waals surface area contributed by atoms with Crippen LogP contribution in [0.1, 0.15) is 49.3 Å². The Bertz CT molecular complexity index is 1280. The summed E-state index contributed by atoms with van der Waals surface area (Å²) in [7, 11) is -3.66. The Morgan fingerprint density at radius 1 is 1.11 bits per heavy atom. The fraction of sp³-hybridized carbons (Fsp3) is 0.522. The summed E-state index contributed by atoms with van der Waals surface area (Å²) >= 11 is 3.52. The summed E-state index contributed by atoms with van der Waals surface area (Å²) in [5.74, 6) is 0.856. The predicted octanol–water partition coefficient (Wildman–Crippen LogP) is 4.24. The van der Waals surface area contributed by atoms with Crippen molar-refractivity contribution in [3.05, 3.63) is 52.5 Å². The van der Waals surface area contributed by atoms with Crippen molar-refractivity contribution in [1.82, 2.24) is 23.9 Å². The summed E-state index contributed by atoms with van der Waals surface area (Å²) in [4.78, 5) is 8.96. The molecule has 0 spiro atoms. The van der Waals surface area contributed by atoms with E-state index in [1.54, 1.807) is 23.1 Å². The van der Waals surface area contributed by atoms with Crippen molar-refractivity contribution in [2.75, 3.05) is 18.4 Å². The van der Waals surface area contributed by atoms with Crippen LogP contribution < -0.4 is 5.32 Å². The highest BCUT2D eigenvalue weighted by molar-refractivity contribution is 9.10. The number of nitrogens with one attached hydrogen (secondary N) is 1. The number of pyridine rings is 1. The van der Waals surface area contributed by atoms with Gasteiger partial charge in [-0.1, -0.05) is 6.07 Å². The van der Waals surface area contributed by atoms with E-state index < -0.39 is 27.6 Å². The van der Waals surface area contributed by atoms with Crippen LogP contribution in [-0.4, -0.2) is 63.0 Å². The Labute approximate surface area is 211 Å². The number of halogens is 3. The van der Waals surface area contributed by atoms with Crippen LogP contribution in [0, 0.1) is 0 Å². The molecule has 35 heavy (non-hydrogen) atoms.